The van der Waals surface area contributed by atoms with Crippen molar-refractivity contribution in [3.63, 3.8) is 0 Å². The number of nitrogens with zero attached hydrogens (tertiary/aromatic N) is 2. The van der Waals surface area contributed by atoms with Crippen LogP contribution in [0, 0.1) is 5.82 Å². The lowest BCUT2D eigenvalue weighted by Gasteiger charge is -2.32. The van der Waals surface area contributed by atoms with Crippen LogP contribution in [0.3, 0.4) is 0 Å². The summed E-state index contributed by atoms with van der Waals surface area (Å²) in [5, 5.41) is 6.12. The fraction of sp³-hybridized carbons (Fsp3) is 0.571. The number of carbonyl (C=O) groups is 3. The zero-order chi connectivity index (χ0) is 27.1. The van der Waals surface area contributed by atoms with Gasteiger partial charge in [-0.15, -0.1) is 0 Å². The van der Waals surface area contributed by atoms with Gasteiger partial charge in [0.05, 0.1) is 5.69 Å². The molecule has 0 spiro atoms. The Morgan fingerprint density at radius 2 is 1.63 bits per heavy atom. The molecule has 2 aliphatic carbocycles. The molecule has 1 aromatic carbocycles. The number of hydrogen-bond donors (Lipinski definition) is 3. The van der Waals surface area contributed by atoms with Crippen molar-refractivity contribution in [1.29, 1.82) is 0 Å². The second kappa shape index (κ2) is 13.2. The van der Waals surface area contributed by atoms with Crippen LogP contribution < -0.4 is 21.3 Å². The molecule has 4 N–H and O–H groups in total. The largest absolute Gasteiger partial charge is 0.395 e. The van der Waals surface area contributed by atoms with Crippen LogP contribution >= 0.6 is 11.5 Å². The molecule has 1 heterocycles. The van der Waals surface area contributed by atoms with E-state index in [9.17, 15) is 18.8 Å². The first-order valence-corrected chi connectivity index (χ1v) is 14.6. The highest BCUT2D eigenvalue weighted by molar-refractivity contribution is 7.09. The van der Waals surface area contributed by atoms with Crippen LogP contribution in [-0.4, -0.2) is 40.2 Å². The standard InChI is InChI=1S/C28H38FN5O3S/c1-2-3-13-22(26(35)31-19-11-7-8-12-19)34(21-16-14-18(29)15-17-21)28(37)25-23(30)24(33-38-25)27(36)32-20-9-5-4-6-10-20/h14-17,19-20,22H,2-13,30H2,1H3,(H,31,35)(H,32,36). The molecule has 2 saturated carbocycles. The summed E-state index contributed by atoms with van der Waals surface area (Å²) >= 11 is 0.854. The molecule has 206 valence electrons. The molecule has 0 radical (unpaired) electrons. The van der Waals surface area contributed by atoms with Crippen molar-refractivity contribution in [1.82, 2.24) is 15.0 Å². The molecule has 4 rings (SSSR count). The zero-order valence-corrected chi connectivity index (χ0v) is 22.8. The molecule has 3 amide bonds. The highest BCUT2D eigenvalue weighted by Crippen LogP contribution is 2.30. The number of nitrogens with two attached hydrogens (primary N) is 1. The highest BCUT2D eigenvalue weighted by atomic mass is 32.1. The maximum atomic E-state index is 14.0. The summed E-state index contributed by atoms with van der Waals surface area (Å²) < 4.78 is 18.0. The first-order chi connectivity index (χ1) is 18.4. The van der Waals surface area contributed by atoms with Gasteiger partial charge in [0.2, 0.25) is 5.91 Å². The summed E-state index contributed by atoms with van der Waals surface area (Å²) in [5.41, 5.74) is 6.76. The monoisotopic (exact) mass is 543 g/mol. The average Bonchev–Trinajstić information content (AvgIpc) is 3.57. The number of aromatic nitrogens is 1. The average molecular weight is 544 g/mol. The first-order valence-electron chi connectivity index (χ1n) is 13.8. The van der Waals surface area contributed by atoms with Gasteiger partial charge in [0, 0.05) is 17.8 Å². The maximum Gasteiger partial charge on any atom is 0.273 e. The number of anilines is 2. The minimum Gasteiger partial charge on any atom is -0.395 e. The highest BCUT2D eigenvalue weighted by Gasteiger charge is 2.36. The predicted octanol–water partition coefficient (Wildman–Crippen LogP) is 5.19. The molecule has 8 nitrogen and oxygen atoms in total. The second-order valence-corrected chi connectivity index (χ2v) is 11.2. The summed E-state index contributed by atoms with van der Waals surface area (Å²) in [5.74, 6) is -1.59. The van der Waals surface area contributed by atoms with E-state index in [4.69, 9.17) is 5.73 Å². The van der Waals surface area contributed by atoms with Crippen LogP contribution in [0.15, 0.2) is 24.3 Å². The zero-order valence-electron chi connectivity index (χ0n) is 22.0. The van der Waals surface area contributed by atoms with E-state index < -0.39 is 17.8 Å². The van der Waals surface area contributed by atoms with E-state index in [1.54, 1.807) is 0 Å². The van der Waals surface area contributed by atoms with Gasteiger partial charge in [-0.3, -0.25) is 19.3 Å². The molecular formula is C28H38FN5O3S. The maximum absolute atomic E-state index is 14.0. The Morgan fingerprint density at radius 1 is 1.03 bits per heavy atom. The van der Waals surface area contributed by atoms with Gasteiger partial charge in [0.15, 0.2) is 5.69 Å². The van der Waals surface area contributed by atoms with E-state index in [0.29, 0.717) is 12.1 Å². The van der Waals surface area contributed by atoms with Gasteiger partial charge in [-0.2, -0.15) is 4.37 Å². The minimum atomic E-state index is -0.811. The summed E-state index contributed by atoms with van der Waals surface area (Å²) in [4.78, 5) is 42.0. The minimum absolute atomic E-state index is 0.00543. The Balaban J connectivity index is 1.63. The lowest BCUT2D eigenvalue weighted by atomic mass is 9.95. The third-order valence-electron chi connectivity index (χ3n) is 7.55. The van der Waals surface area contributed by atoms with Gasteiger partial charge in [-0.1, -0.05) is 51.9 Å². The Bertz CT molecular complexity index is 1110. The van der Waals surface area contributed by atoms with E-state index >= 15 is 0 Å². The third kappa shape index (κ3) is 6.70. The fourth-order valence-electron chi connectivity index (χ4n) is 5.41. The Kier molecular flexibility index (Phi) is 9.71. The predicted molar refractivity (Wildman–Crippen MR) is 148 cm³/mol. The van der Waals surface area contributed by atoms with E-state index in [1.165, 1.54) is 29.2 Å². The quantitative estimate of drug-likeness (QED) is 0.381. The van der Waals surface area contributed by atoms with Crippen molar-refractivity contribution in [3.8, 4) is 0 Å². The van der Waals surface area contributed by atoms with Gasteiger partial charge >= 0.3 is 0 Å². The van der Waals surface area contributed by atoms with Gasteiger partial charge in [-0.25, -0.2) is 4.39 Å². The number of unbranched alkanes of at least 4 members (excludes halogenated alkanes) is 1. The number of halogens is 1. The van der Waals surface area contributed by atoms with Crippen LogP contribution in [0.2, 0.25) is 0 Å². The molecule has 1 unspecified atom stereocenters. The number of amides is 3. The second-order valence-electron chi connectivity index (χ2n) is 10.4. The van der Waals surface area contributed by atoms with E-state index in [0.717, 1.165) is 82.2 Å². The summed E-state index contributed by atoms with van der Waals surface area (Å²) in [6.07, 6.45) is 11.1. The number of carbonyl (C=O) groups excluding carboxylic acids is 3. The molecule has 2 aliphatic rings. The van der Waals surface area contributed by atoms with Gasteiger partial charge < -0.3 is 16.4 Å². The molecule has 10 heteroatoms. The van der Waals surface area contributed by atoms with Crippen LogP contribution in [-0.2, 0) is 4.79 Å². The lowest BCUT2D eigenvalue weighted by molar-refractivity contribution is -0.123. The Labute approximate surface area is 227 Å². The van der Waals surface area contributed by atoms with Crippen molar-refractivity contribution in [2.45, 2.75) is 102 Å². The SMILES string of the molecule is CCCCC(C(=O)NC1CCCC1)N(C(=O)c1snc(C(=O)NC2CCCCC2)c1N)c1ccc(F)cc1. The lowest BCUT2D eigenvalue weighted by Crippen LogP contribution is -2.51. The summed E-state index contributed by atoms with van der Waals surface area (Å²) in [6.45, 7) is 2.02. The molecule has 2 aromatic rings. The Hall–Kier alpha value is -3.01. The van der Waals surface area contributed by atoms with Gasteiger partial charge in [0.1, 0.15) is 16.7 Å². The summed E-state index contributed by atoms with van der Waals surface area (Å²) in [6, 6.07) is 4.85. The van der Waals surface area contributed by atoms with Crippen molar-refractivity contribution >= 4 is 40.6 Å². The molecule has 0 aliphatic heterocycles. The number of nitrogens with one attached hydrogen (secondary N) is 2. The van der Waals surface area contributed by atoms with Gasteiger partial charge in [-0.05, 0) is 67.9 Å². The molecule has 38 heavy (non-hydrogen) atoms. The molecule has 1 aromatic heterocycles. The van der Waals surface area contributed by atoms with Crippen molar-refractivity contribution in [3.05, 3.63) is 40.7 Å². The van der Waals surface area contributed by atoms with Crippen molar-refractivity contribution in [2.24, 2.45) is 0 Å². The van der Waals surface area contributed by atoms with Crippen LogP contribution in [0.25, 0.3) is 0 Å². The number of rotatable bonds is 10. The third-order valence-corrected chi connectivity index (χ3v) is 8.40. The Morgan fingerprint density at radius 3 is 2.26 bits per heavy atom. The van der Waals surface area contributed by atoms with Crippen LogP contribution in [0.4, 0.5) is 15.8 Å². The molecular weight excluding hydrogens is 505 g/mol. The molecule has 0 saturated heterocycles. The van der Waals surface area contributed by atoms with Crippen molar-refractivity contribution in [2.75, 3.05) is 10.6 Å². The molecule has 0 bridgehead atoms. The smallest absolute Gasteiger partial charge is 0.273 e. The number of nitrogen functional groups attached to an aromatic ring is 1. The van der Waals surface area contributed by atoms with E-state index in [1.807, 2.05) is 6.92 Å². The van der Waals surface area contributed by atoms with Crippen molar-refractivity contribution < 1.29 is 18.8 Å². The number of hydrogen-bond acceptors (Lipinski definition) is 6. The van der Waals surface area contributed by atoms with E-state index in [-0.39, 0.29) is 40.2 Å². The van der Waals surface area contributed by atoms with Gasteiger partial charge in [0.25, 0.3) is 11.8 Å². The number of benzene rings is 1. The molecule has 2 fully saturated rings. The van der Waals surface area contributed by atoms with Crippen LogP contribution in [0.5, 0.6) is 0 Å². The first kappa shape index (κ1) is 28.0. The topological polar surface area (TPSA) is 117 Å². The van der Waals surface area contributed by atoms with Crippen LogP contribution in [0.1, 0.15) is 104 Å². The fourth-order valence-corrected chi connectivity index (χ4v) is 6.14. The van der Waals surface area contributed by atoms with E-state index in [2.05, 4.69) is 15.0 Å². The molecule has 1 atom stereocenters. The summed E-state index contributed by atoms with van der Waals surface area (Å²) in [7, 11) is 0. The normalized spacial score (nSPS) is 17.2.